The van der Waals surface area contributed by atoms with E-state index in [1.54, 1.807) is 0 Å². The minimum Gasteiger partial charge on any atom is -0.481 e. The van der Waals surface area contributed by atoms with E-state index in [1.807, 2.05) is 0 Å². The predicted octanol–water partition coefficient (Wildman–Crippen LogP) is 0.717. The van der Waals surface area contributed by atoms with Crippen molar-refractivity contribution in [3.05, 3.63) is 12.2 Å². The van der Waals surface area contributed by atoms with Crippen LogP contribution in [0.25, 0.3) is 0 Å². The van der Waals surface area contributed by atoms with Crippen molar-refractivity contribution in [1.82, 2.24) is 0 Å². The van der Waals surface area contributed by atoms with Crippen LogP contribution in [0.2, 0.25) is 0 Å². The highest BCUT2D eigenvalue weighted by Crippen LogP contribution is 2.04. The molecule has 0 amide bonds. The SMILES string of the molecule is C=C(C)C(=O)OCOC(=O)C(C)CC(=O)O. The lowest BCUT2D eigenvalue weighted by atomic mass is 10.1. The molecule has 0 heterocycles. The molecule has 0 aromatic carbocycles. The molecular weight excluding hydrogens is 216 g/mol. The van der Waals surface area contributed by atoms with Gasteiger partial charge in [-0.15, -0.1) is 0 Å². The predicted molar refractivity (Wildman–Crippen MR) is 53.3 cm³/mol. The van der Waals surface area contributed by atoms with E-state index < -0.39 is 30.6 Å². The Balaban J connectivity index is 3.85. The summed E-state index contributed by atoms with van der Waals surface area (Å²) < 4.78 is 9.04. The molecule has 0 spiro atoms. The van der Waals surface area contributed by atoms with Crippen molar-refractivity contribution < 1.29 is 29.0 Å². The van der Waals surface area contributed by atoms with Crippen LogP contribution in [-0.4, -0.2) is 29.8 Å². The highest BCUT2D eigenvalue weighted by Gasteiger charge is 2.18. The topological polar surface area (TPSA) is 89.9 Å². The van der Waals surface area contributed by atoms with E-state index in [1.165, 1.54) is 13.8 Å². The fourth-order valence-corrected chi connectivity index (χ4v) is 0.752. The maximum atomic E-state index is 11.1. The zero-order valence-corrected chi connectivity index (χ0v) is 9.19. The van der Waals surface area contributed by atoms with Crippen LogP contribution >= 0.6 is 0 Å². The second-order valence-corrected chi connectivity index (χ2v) is 3.29. The molecule has 0 rings (SSSR count). The van der Waals surface area contributed by atoms with E-state index in [4.69, 9.17) is 5.11 Å². The third kappa shape index (κ3) is 5.79. The van der Waals surface area contributed by atoms with Gasteiger partial charge in [0, 0.05) is 5.57 Å². The summed E-state index contributed by atoms with van der Waals surface area (Å²) in [5.74, 6) is -3.26. The molecule has 0 aliphatic rings. The molecule has 0 aromatic rings. The molecule has 0 radical (unpaired) electrons. The molecule has 0 saturated heterocycles. The lowest BCUT2D eigenvalue weighted by Gasteiger charge is -2.09. The van der Waals surface area contributed by atoms with Crippen molar-refractivity contribution in [3.63, 3.8) is 0 Å². The number of esters is 2. The maximum absolute atomic E-state index is 11.1. The molecule has 16 heavy (non-hydrogen) atoms. The molecule has 1 unspecified atom stereocenters. The van der Waals surface area contributed by atoms with E-state index in [-0.39, 0.29) is 12.0 Å². The molecule has 1 atom stereocenters. The number of carboxylic acid groups (broad SMARTS) is 1. The van der Waals surface area contributed by atoms with E-state index in [9.17, 15) is 14.4 Å². The Morgan fingerprint density at radius 3 is 2.31 bits per heavy atom. The Bertz CT molecular complexity index is 306. The van der Waals surface area contributed by atoms with Crippen LogP contribution in [0, 0.1) is 5.92 Å². The number of ether oxygens (including phenoxy) is 2. The third-order valence-electron chi connectivity index (χ3n) is 1.62. The summed E-state index contributed by atoms with van der Waals surface area (Å²) in [6.07, 6.45) is -0.326. The van der Waals surface area contributed by atoms with Gasteiger partial charge in [0.25, 0.3) is 0 Å². The van der Waals surface area contributed by atoms with Gasteiger partial charge in [0.05, 0.1) is 12.3 Å². The number of aliphatic carboxylic acids is 1. The van der Waals surface area contributed by atoms with Gasteiger partial charge in [-0.25, -0.2) is 4.79 Å². The van der Waals surface area contributed by atoms with Crippen LogP contribution < -0.4 is 0 Å². The molecule has 0 bridgehead atoms. The van der Waals surface area contributed by atoms with Crippen molar-refractivity contribution in [2.24, 2.45) is 5.92 Å². The average molecular weight is 230 g/mol. The zero-order valence-electron chi connectivity index (χ0n) is 9.19. The third-order valence-corrected chi connectivity index (χ3v) is 1.62. The summed E-state index contributed by atoms with van der Waals surface area (Å²) in [6, 6.07) is 0. The Labute approximate surface area is 92.8 Å². The highest BCUT2D eigenvalue weighted by atomic mass is 16.7. The summed E-state index contributed by atoms with van der Waals surface area (Å²) in [6.45, 7) is 5.67. The number of rotatable bonds is 6. The van der Waals surface area contributed by atoms with Crippen molar-refractivity contribution in [3.8, 4) is 0 Å². The molecule has 0 aromatic heterocycles. The normalized spacial score (nSPS) is 11.4. The lowest BCUT2D eigenvalue weighted by molar-refractivity contribution is -0.169. The zero-order chi connectivity index (χ0) is 12.7. The number of carbonyl (C=O) groups excluding carboxylic acids is 2. The Morgan fingerprint density at radius 2 is 1.88 bits per heavy atom. The molecule has 1 N–H and O–H groups in total. The smallest absolute Gasteiger partial charge is 0.335 e. The van der Waals surface area contributed by atoms with E-state index in [0.29, 0.717) is 0 Å². The minimum absolute atomic E-state index is 0.189. The van der Waals surface area contributed by atoms with E-state index >= 15 is 0 Å². The van der Waals surface area contributed by atoms with Crippen molar-refractivity contribution in [1.29, 1.82) is 0 Å². The van der Waals surface area contributed by atoms with Gasteiger partial charge in [-0.05, 0) is 6.92 Å². The van der Waals surface area contributed by atoms with Crippen LogP contribution in [-0.2, 0) is 23.9 Å². The Morgan fingerprint density at radius 1 is 1.31 bits per heavy atom. The first-order valence-electron chi connectivity index (χ1n) is 4.55. The van der Waals surface area contributed by atoms with Gasteiger partial charge in [0.1, 0.15) is 0 Å². The number of carboxylic acids is 1. The maximum Gasteiger partial charge on any atom is 0.335 e. The number of hydrogen-bond donors (Lipinski definition) is 1. The largest absolute Gasteiger partial charge is 0.481 e. The molecule has 0 aliphatic heterocycles. The quantitative estimate of drug-likeness (QED) is 0.410. The molecular formula is C10H14O6. The Kier molecular flexibility index (Phi) is 5.84. The monoisotopic (exact) mass is 230 g/mol. The van der Waals surface area contributed by atoms with E-state index in [2.05, 4.69) is 16.1 Å². The fourth-order valence-electron chi connectivity index (χ4n) is 0.752. The van der Waals surface area contributed by atoms with E-state index in [0.717, 1.165) is 0 Å². The summed E-state index contributed by atoms with van der Waals surface area (Å²) >= 11 is 0. The standard InChI is InChI=1S/C10H14O6/c1-6(2)9(13)15-5-16-10(14)7(3)4-8(11)12/h7H,1,4-5H2,2-3H3,(H,11,12). The van der Waals surface area contributed by atoms with Crippen LogP contribution in [0.1, 0.15) is 20.3 Å². The highest BCUT2D eigenvalue weighted by molar-refractivity contribution is 5.87. The summed E-state index contributed by atoms with van der Waals surface area (Å²) in [5.41, 5.74) is 0.189. The first kappa shape index (κ1) is 14.2. The molecule has 6 heteroatoms. The second kappa shape index (κ2) is 6.60. The molecule has 6 nitrogen and oxygen atoms in total. The van der Waals surface area contributed by atoms with Gasteiger partial charge in [0.2, 0.25) is 6.79 Å². The first-order chi connectivity index (χ1) is 7.34. The van der Waals surface area contributed by atoms with Crippen molar-refractivity contribution in [2.45, 2.75) is 20.3 Å². The van der Waals surface area contributed by atoms with Crippen LogP contribution in [0.4, 0.5) is 0 Å². The Hall–Kier alpha value is -1.85. The first-order valence-corrected chi connectivity index (χ1v) is 4.55. The molecule has 90 valence electrons. The molecule has 0 saturated carbocycles. The van der Waals surface area contributed by atoms with Crippen LogP contribution in [0.3, 0.4) is 0 Å². The number of carbonyl (C=O) groups is 3. The van der Waals surface area contributed by atoms with Gasteiger partial charge >= 0.3 is 17.9 Å². The summed E-state index contributed by atoms with van der Waals surface area (Å²) in [5, 5.41) is 8.41. The summed E-state index contributed by atoms with van der Waals surface area (Å²) in [4.78, 5) is 32.3. The van der Waals surface area contributed by atoms with Crippen molar-refractivity contribution >= 4 is 17.9 Å². The van der Waals surface area contributed by atoms with Gasteiger partial charge < -0.3 is 14.6 Å². The van der Waals surface area contributed by atoms with Crippen molar-refractivity contribution in [2.75, 3.05) is 6.79 Å². The van der Waals surface area contributed by atoms with Crippen LogP contribution in [0.15, 0.2) is 12.2 Å². The lowest BCUT2D eigenvalue weighted by Crippen LogP contribution is -2.20. The second-order valence-electron chi connectivity index (χ2n) is 3.29. The van der Waals surface area contributed by atoms with Crippen LogP contribution in [0.5, 0.6) is 0 Å². The van der Waals surface area contributed by atoms with Gasteiger partial charge in [-0.3, -0.25) is 9.59 Å². The number of hydrogen-bond acceptors (Lipinski definition) is 5. The average Bonchev–Trinajstić information content (AvgIpc) is 2.15. The molecule has 0 aliphatic carbocycles. The molecule has 0 fully saturated rings. The summed E-state index contributed by atoms with van der Waals surface area (Å²) in [7, 11) is 0. The van der Waals surface area contributed by atoms with Gasteiger partial charge in [-0.1, -0.05) is 13.5 Å². The fraction of sp³-hybridized carbons (Fsp3) is 0.500. The van der Waals surface area contributed by atoms with Gasteiger partial charge in [-0.2, -0.15) is 0 Å². The van der Waals surface area contributed by atoms with Gasteiger partial charge in [0.15, 0.2) is 0 Å². The minimum atomic E-state index is -1.09.